The van der Waals surface area contributed by atoms with Crippen LogP contribution in [0.5, 0.6) is 0 Å². The van der Waals surface area contributed by atoms with Crippen LogP contribution in [0.2, 0.25) is 5.02 Å². The summed E-state index contributed by atoms with van der Waals surface area (Å²) in [4.78, 5) is 0. The Hall–Kier alpha value is -0.0500. The Morgan fingerprint density at radius 3 is 2.72 bits per heavy atom. The molecule has 18 heavy (non-hydrogen) atoms. The first-order valence-corrected chi connectivity index (χ1v) is 7.89. The van der Waals surface area contributed by atoms with E-state index in [1.807, 2.05) is 6.07 Å². The second-order valence-corrected chi connectivity index (χ2v) is 6.92. The molecule has 100 valence electrons. The lowest BCUT2D eigenvalue weighted by Gasteiger charge is -2.25. The predicted molar refractivity (Wildman–Crippen MR) is 82.3 cm³/mol. The van der Waals surface area contributed by atoms with Crippen LogP contribution in [0.1, 0.15) is 38.7 Å². The Morgan fingerprint density at radius 2 is 2.17 bits per heavy atom. The van der Waals surface area contributed by atoms with Crippen molar-refractivity contribution in [2.24, 2.45) is 5.41 Å². The van der Waals surface area contributed by atoms with Crippen molar-refractivity contribution in [3.8, 4) is 0 Å². The molecular weight excluding hydrogens is 310 g/mol. The molecule has 1 saturated carbocycles. The molecule has 1 aromatic carbocycles. The van der Waals surface area contributed by atoms with E-state index < -0.39 is 0 Å². The molecule has 0 aromatic heterocycles. The van der Waals surface area contributed by atoms with Gasteiger partial charge in [0.1, 0.15) is 0 Å². The van der Waals surface area contributed by atoms with Gasteiger partial charge in [0.2, 0.25) is 0 Å². The Labute approximate surface area is 123 Å². The topological polar surface area (TPSA) is 12.0 Å². The maximum Gasteiger partial charge on any atom is 0.0449 e. The molecule has 0 saturated heterocycles. The van der Waals surface area contributed by atoms with Gasteiger partial charge >= 0.3 is 0 Å². The lowest BCUT2D eigenvalue weighted by molar-refractivity contribution is 0.354. The Morgan fingerprint density at radius 1 is 1.44 bits per heavy atom. The summed E-state index contributed by atoms with van der Waals surface area (Å²) in [6.07, 6.45) is 4.88. The van der Waals surface area contributed by atoms with Crippen molar-refractivity contribution in [3.63, 3.8) is 0 Å². The molecule has 0 heterocycles. The van der Waals surface area contributed by atoms with Crippen molar-refractivity contribution in [2.75, 3.05) is 6.54 Å². The molecule has 1 aliphatic rings. The summed E-state index contributed by atoms with van der Waals surface area (Å²) in [5.74, 6) is 0. The van der Waals surface area contributed by atoms with E-state index in [2.05, 4.69) is 47.2 Å². The van der Waals surface area contributed by atoms with Crippen LogP contribution in [0.3, 0.4) is 0 Å². The lowest BCUT2D eigenvalue weighted by Crippen LogP contribution is -2.38. The van der Waals surface area contributed by atoms with E-state index in [-0.39, 0.29) is 0 Å². The second-order valence-electron chi connectivity index (χ2n) is 5.60. The minimum Gasteiger partial charge on any atom is -0.313 e. The predicted octanol–water partition coefficient (Wildman–Crippen LogP) is 4.81. The van der Waals surface area contributed by atoms with Gasteiger partial charge in [0.15, 0.2) is 0 Å². The molecule has 2 rings (SSSR count). The molecule has 1 nitrogen and oxygen atoms in total. The number of halogens is 2. The number of hydrogen-bond donors (Lipinski definition) is 1. The molecule has 1 aromatic rings. The van der Waals surface area contributed by atoms with Crippen molar-refractivity contribution < 1.29 is 0 Å². The van der Waals surface area contributed by atoms with Crippen molar-refractivity contribution in [2.45, 2.75) is 45.6 Å². The van der Waals surface area contributed by atoms with Crippen LogP contribution in [0.25, 0.3) is 0 Å². The largest absolute Gasteiger partial charge is 0.313 e. The standard InChI is InChI=1S/C15H21BrClN/c1-3-8-18-14(15(2)6-7-15)9-11-4-5-12(16)10-13(11)17/h4-5,10,14,18H,3,6-9H2,1-2H3. The molecule has 1 fully saturated rings. The van der Waals surface area contributed by atoms with E-state index in [1.54, 1.807) is 0 Å². The third-order valence-electron chi connectivity index (χ3n) is 3.96. The molecule has 0 bridgehead atoms. The third-order valence-corrected chi connectivity index (χ3v) is 4.80. The molecule has 0 radical (unpaired) electrons. The van der Waals surface area contributed by atoms with Gasteiger partial charge in [-0.3, -0.25) is 0 Å². The van der Waals surface area contributed by atoms with Crippen LogP contribution in [0.4, 0.5) is 0 Å². The smallest absolute Gasteiger partial charge is 0.0449 e. The van der Waals surface area contributed by atoms with Crippen LogP contribution in [-0.4, -0.2) is 12.6 Å². The van der Waals surface area contributed by atoms with Gasteiger partial charge in [-0.15, -0.1) is 0 Å². The Kier molecular flexibility index (Phi) is 4.74. The summed E-state index contributed by atoms with van der Waals surface area (Å²) in [7, 11) is 0. The summed E-state index contributed by atoms with van der Waals surface area (Å²) in [6.45, 7) is 5.69. The van der Waals surface area contributed by atoms with E-state index in [9.17, 15) is 0 Å². The third kappa shape index (κ3) is 3.49. The molecule has 3 heteroatoms. The van der Waals surface area contributed by atoms with Crippen molar-refractivity contribution >= 4 is 27.5 Å². The van der Waals surface area contributed by atoms with E-state index in [0.29, 0.717) is 11.5 Å². The maximum absolute atomic E-state index is 6.32. The van der Waals surface area contributed by atoms with Crippen molar-refractivity contribution in [3.05, 3.63) is 33.3 Å². The number of nitrogens with one attached hydrogen (secondary N) is 1. The molecule has 1 aliphatic carbocycles. The number of benzene rings is 1. The van der Waals surface area contributed by atoms with Gasteiger partial charge < -0.3 is 5.32 Å². The molecule has 1 N–H and O–H groups in total. The molecule has 1 atom stereocenters. The van der Waals surface area contributed by atoms with Gasteiger partial charge in [-0.1, -0.05) is 47.4 Å². The lowest BCUT2D eigenvalue weighted by atomic mass is 9.92. The van der Waals surface area contributed by atoms with Gasteiger partial charge in [0, 0.05) is 15.5 Å². The zero-order chi connectivity index (χ0) is 13.2. The molecule has 0 spiro atoms. The average Bonchev–Trinajstić information content (AvgIpc) is 3.06. The van der Waals surface area contributed by atoms with E-state index in [4.69, 9.17) is 11.6 Å². The van der Waals surface area contributed by atoms with Crippen LogP contribution >= 0.6 is 27.5 Å². The van der Waals surface area contributed by atoms with E-state index in [0.717, 1.165) is 22.5 Å². The zero-order valence-electron chi connectivity index (χ0n) is 11.1. The highest BCUT2D eigenvalue weighted by Gasteiger charge is 2.44. The first kappa shape index (κ1) is 14.4. The Bertz CT molecular complexity index is 415. The van der Waals surface area contributed by atoms with Crippen molar-refractivity contribution in [1.82, 2.24) is 5.32 Å². The highest BCUT2D eigenvalue weighted by atomic mass is 79.9. The second kappa shape index (κ2) is 5.94. The first-order valence-electron chi connectivity index (χ1n) is 6.72. The highest BCUT2D eigenvalue weighted by Crippen LogP contribution is 2.49. The van der Waals surface area contributed by atoms with Gasteiger partial charge in [-0.05, 0) is 55.3 Å². The van der Waals surface area contributed by atoms with E-state index >= 15 is 0 Å². The van der Waals surface area contributed by atoms with E-state index in [1.165, 1.54) is 24.8 Å². The molecule has 0 aliphatic heterocycles. The van der Waals surface area contributed by atoms with Crippen molar-refractivity contribution in [1.29, 1.82) is 0 Å². The van der Waals surface area contributed by atoms with Crippen LogP contribution in [-0.2, 0) is 6.42 Å². The molecular formula is C15H21BrClN. The number of hydrogen-bond acceptors (Lipinski definition) is 1. The van der Waals surface area contributed by atoms with Gasteiger partial charge in [0.05, 0.1) is 0 Å². The normalized spacial score (nSPS) is 18.7. The summed E-state index contributed by atoms with van der Waals surface area (Å²) >= 11 is 9.78. The average molecular weight is 331 g/mol. The molecule has 1 unspecified atom stereocenters. The zero-order valence-corrected chi connectivity index (χ0v) is 13.4. The quantitative estimate of drug-likeness (QED) is 0.789. The maximum atomic E-state index is 6.32. The monoisotopic (exact) mass is 329 g/mol. The fourth-order valence-electron chi connectivity index (χ4n) is 2.34. The fourth-order valence-corrected chi connectivity index (χ4v) is 3.09. The minimum absolute atomic E-state index is 0.478. The van der Waals surface area contributed by atoms with Gasteiger partial charge in [0.25, 0.3) is 0 Å². The van der Waals surface area contributed by atoms with Crippen LogP contribution in [0, 0.1) is 5.41 Å². The van der Waals surface area contributed by atoms with Crippen LogP contribution < -0.4 is 5.32 Å². The van der Waals surface area contributed by atoms with Crippen LogP contribution in [0.15, 0.2) is 22.7 Å². The summed E-state index contributed by atoms with van der Waals surface area (Å²) in [5.41, 5.74) is 1.73. The summed E-state index contributed by atoms with van der Waals surface area (Å²) < 4.78 is 1.05. The van der Waals surface area contributed by atoms with Gasteiger partial charge in [-0.2, -0.15) is 0 Å². The minimum atomic E-state index is 0.478. The number of rotatable bonds is 6. The summed E-state index contributed by atoms with van der Waals surface area (Å²) in [5, 5.41) is 4.56. The summed E-state index contributed by atoms with van der Waals surface area (Å²) in [6, 6.07) is 6.76. The Balaban J connectivity index is 2.08. The molecule has 0 amide bonds. The SMILES string of the molecule is CCCNC(Cc1ccc(Br)cc1Cl)C1(C)CC1. The van der Waals surface area contributed by atoms with Gasteiger partial charge in [-0.25, -0.2) is 0 Å². The first-order chi connectivity index (χ1) is 8.55. The fraction of sp³-hybridized carbons (Fsp3) is 0.600. The highest BCUT2D eigenvalue weighted by molar-refractivity contribution is 9.10.